The van der Waals surface area contributed by atoms with Crippen LogP contribution in [-0.4, -0.2) is 18.7 Å². The number of rotatable bonds is 4. The summed E-state index contributed by atoms with van der Waals surface area (Å²) in [6.45, 7) is 1.50. The lowest BCUT2D eigenvalue weighted by Crippen LogP contribution is -2.12. The van der Waals surface area contributed by atoms with E-state index in [0.717, 1.165) is 22.1 Å². The molecule has 0 radical (unpaired) electrons. The summed E-state index contributed by atoms with van der Waals surface area (Å²) < 4.78 is 0. The molecule has 3 rings (SSSR count). The lowest BCUT2D eigenvalue weighted by atomic mass is 10.1. The molecule has 0 saturated carbocycles. The van der Waals surface area contributed by atoms with Crippen molar-refractivity contribution in [3.8, 4) is 0 Å². The zero-order valence-electron chi connectivity index (χ0n) is 13.6. The normalized spacial score (nSPS) is 10.4. The summed E-state index contributed by atoms with van der Waals surface area (Å²) in [5.41, 5.74) is 2.87. The first-order valence-electron chi connectivity index (χ1n) is 7.72. The average Bonchev–Trinajstić information content (AvgIpc) is 2.61. The fourth-order valence-electron chi connectivity index (χ4n) is 2.69. The second kappa shape index (κ2) is 6.54. The van der Waals surface area contributed by atoms with Crippen LogP contribution >= 0.6 is 0 Å². The third-order valence-corrected chi connectivity index (χ3v) is 3.99. The summed E-state index contributed by atoms with van der Waals surface area (Å²) in [5, 5.41) is 8.12. The fraction of sp³-hybridized carbons (Fsp3) is 0.100. The molecule has 120 valence electrons. The molecule has 0 spiro atoms. The number of carbonyl (C=O) groups excluding carboxylic acids is 2. The first-order chi connectivity index (χ1) is 11.6. The van der Waals surface area contributed by atoms with Gasteiger partial charge in [0.1, 0.15) is 0 Å². The molecule has 24 heavy (non-hydrogen) atoms. The average molecular weight is 318 g/mol. The molecule has 0 bridgehead atoms. The number of Topliss-reactive ketones (excluding diaryl/α,β-unsaturated/α-hetero) is 1. The zero-order chi connectivity index (χ0) is 17.1. The van der Waals surface area contributed by atoms with Crippen LogP contribution in [0.3, 0.4) is 0 Å². The van der Waals surface area contributed by atoms with E-state index in [1.807, 2.05) is 43.4 Å². The predicted molar refractivity (Wildman–Crippen MR) is 97.9 cm³/mol. The number of benzene rings is 3. The van der Waals surface area contributed by atoms with Gasteiger partial charge in [0.15, 0.2) is 5.78 Å². The lowest BCUT2D eigenvalue weighted by Gasteiger charge is -2.11. The van der Waals surface area contributed by atoms with Gasteiger partial charge in [0.05, 0.1) is 0 Å². The molecule has 0 aromatic heterocycles. The SMILES string of the molecule is CNc1cccc2c(NC(=O)c3ccc(C(C)=O)cc3)cccc12. The highest BCUT2D eigenvalue weighted by Gasteiger charge is 2.10. The summed E-state index contributed by atoms with van der Waals surface area (Å²) in [6.07, 6.45) is 0. The smallest absolute Gasteiger partial charge is 0.255 e. The Morgan fingerprint density at radius 3 is 1.88 bits per heavy atom. The number of amides is 1. The van der Waals surface area contributed by atoms with Crippen LogP contribution in [0.1, 0.15) is 27.6 Å². The van der Waals surface area contributed by atoms with Gasteiger partial charge in [0.25, 0.3) is 5.91 Å². The van der Waals surface area contributed by atoms with Crippen molar-refractivity contribution in [1.29, 1.82) is 0 Å². The Morgan fingerprint density at radius 1 is 0.750 bits per heavy atom. The molecule has 1 amide bonds. The molecule has 4 heteroatoms. The molecule has 3 aromatic rings. The molecule has 3 aromatic carbocycles. The van der Waals surface area contributed by atoms with Gasteiger partial charge in [0, 0.05) is 40.3 Å². The third-order valence-electron chi connectivity index (χ3n) is 3.99. The first kappa shape index (κ1) is 15.7. The standard InChI is InChI=1S/C20H18N2O2/c1-13(23)14-9-11-15(12-10-14)20(24)22-19-8-4-5-16-17(19)6-3-7-18(16)21-2/h3-12,21H,1-2H3,(H,22,24). The van der Waals surface area contributed by atoms with E-state index < -0.39 is 0 Å². The van der Waals surface area contributed by atoms with E-state index >= 15 is 0 Å². The Kier molecular flexibility index (Phi) is 4.29. The van der Waals surface area contributed by atoms with Gasteiger partial charge in [-0.25, -0.2) is 0 Å². The van der Waals surface area contributed by atoms with Gasteiger partial charge in [-0.15, -0.1) is 0 Å². The Hall–Kier alpha value is -3.14. The highest BCUT2D eigenvalue weighted by molar-refractivity contribution is 6.11. The number of anilines is 2. The van der Waals surface area contributed by atoms with Gasteiger partial charge in [-0.05, 0) is 31.2 Å². The van der Waals surface area contributed by atoms with Crippen molar-refractivity contribution in [3.05, 3.63) is 71.8 Å². The van der Waals surface area contributed by atoms with Crippen molar-refractivity contribution in [1.82, 2.24) is 0 Å². The Morgan fingerprint density at radius 2 is 1.29 bits per heavy atom. The maximum absolute atomic E-state index is 12.5. The van der Waals surface area contributed by atoms with Crippen LogP contribution in [0.4, 0.5) is 11.4 Å². The van der Waals surface area contributed by atoms with E-state index in [0.29, 0.717) is 11.1 Å². The number of hydrogen-bond acceptors (Lipinski definition) is 3. The summed E-state index contributed by atoms with van der Waals surface area (Å²) in [7, 11) is 1.87. The number of fused-ring (bicyclic) bond motifs is 1. The molecule has 0 atom stereocenters. The molecule has 0 unspecified atom stereocenters. The van der Waals surface area contributed by atoms with Crippen LogP contribution < -0.4 is 10.6 Å². The minimum absolute atomic E-state index is 0.0180. The number of hydrogen-bond donors (Lipinski definition) is 2. The molecule has 0 aliphatic carbocycles. The topological polar surface area (TPSA) is 58.2 Å². The van der Waals surface area contributed by atoms with Crippen molar-refractivity contribution in [2.24, 2.45) is 0 Å². The van der Waals surface area contributed by atoms with Crippen molar-refractivity contribution in [2.45, 2.75) is 6.92 Å². The molecule has 0 aliphatic rings. The molecule has 0 heterocycles. The fourth-order valence-corrected chi connectivity index (χ4v) is 2.69. The summed E-state index contributed by atoms with van der Waals surface area (Å²) >= 11 is 0. The van der Waals surface area contributed by atoms with Gasteiger partial charge in [0.2, 0.25) is 0 Å². The van der Waals surface area contributed by atoms with Crippen molar-refractivity contribution in [2.75, 3.05) is 17.7 Å². The van der Waals surface area contributed by atoms with E-state index in [2.05, 4.69) is 10.6 Å². The van der Waals surface area contributed by atoms with Gasteiger partial charge < -0.3 is 10.6 Å². The van der Waals surface area contributed by atoms with Gasteiger partial charge in [-0.2, -0.15) is 0 Å². The minimum atomic E-state index is -0.201. The second-order valence-electron chi connectivity index (χ2n) is 5.54. The summed E-state index contributed by atoms with van der Waals surface area (Å²) in [4.78, 5) is 23.8. The largest absolute Gasteiger partial charge is 0.388 e. The molecule has 4 nitrogen and oxygen atoms in total. The minimum Gasteiger partial charge on any atom is -0.388 e. The molecule has 0 fully saturated rings. The monoisotopic (exact) mass is 318 g/mol. The molecule has 2 N–H and O–H groups in total. The highest BCUT2D eigenvalue weighted by atomic mass is 16.1. The van der Waals surface area contributed by atoms with Crippen LogP contribution in [0.2, 0.25) is 0 Å². The maximum atomic E-state index is 12.5. The Balaban J connectivity index is 1.92. The van der Waals surface area contributed by atoms with E-state index in [-0.39, 0.29) is 11.7 Å². The van der Waals surface area contributed by atoms with Crippen LogP contribution in [0.5, 0.6) is 0 Å². The van der Waals surface area contributed by atoms with Crippen LogP contribution in [0.15, 0.2) is 60.7 Å². The maximum Gasteiger partial charge on any atom is 0.255 e. The Labute approximate surface area is 140 Å². The van der Waals surface area contributed by atoms with E-state index in [9.17, 15) is 9.59 Å². The zero-order valence-corrected chi connectivity index (χ0v) is 13.6. The van der Waals surface area contributed by atoms with Crippen molar-refractivity contribution < 1.29 is 9.59 Å². The van der Waals surface area contributed by atoms with Gasteiger partial charge in [-0.1, -0.05) is 36.4 Å². The van der Waals surface area contributed by atoms with Crippen molar-refractivity contribution in [3.63, 3.8) is 0 Å². The highest BCUT2D eigenvalue weighted by Crippen LogP contribution is 2.29. The number of nitrogens with one attached hydrogen (secondary N) is 2. The Bertz CT molecular complexity index is 915. The van der Waals surface area contributed by atoms with E-state index in [1.54, 1.807) is 24.3 Å². The van der Waals surface area contributed by atoms with Gasteiger partial charge >= 0.3 is 0 Å². The lowest BCUT2D eigenvalue weighted by molar-refractivity contribution is 0.101. The summed E-state index contributed by atoms with van der Waals surface area (Å²) in [6, 6.07) is 18.4. The molecule has 0 aliphatic heterocycles. The molecular formula is C20H18N2O2. The quantitative estimate of drug-likeness (QED) is 0.704. The predicted octanol–water partition coefficient (Wildman–Crippen LogP) is 4.34. The van der Waals surface area contributed by atoms with Crippen LogP contribution in [0.25, 0.3) is 10.8 Å². The second-order valence-corrected chi connectivity index (χ2v) is 5.54. The molecule has 0 saturated heterocycles. The summed E-state index contributed by atoms with van der Waals surface area (Å²) in [5.74, 6) is -0.219. The first-order valence-corrected chi connectivity index (χ1v) is 7.72. The number of carbonyl (C=O) groups is 2. The van der Waals surface area contributed by atoms with Crippen molar-refractivity contribution >= 4 is 33.8 Å². The number of ketones is 1. The van der Waals surface area contributed by atoms with Crippen LogP contribution in [-0.2, 0) is 0 Å². The van der Waals surface area contributed by atoms with Gasteiger partial charge in [-0.3, -0.25) is 9.59 Å². The van der Waals surface area contributed by atoms with E-state index in [1.165, 1.54) is 6.92 Å². The van der Waals surface area contributed by atoms with Crippen LogP contribution in [0, 0.1) is 0 Å². The third kappa shape index (κ3) is 2.99. The molecular weight excluding hydrogens is 300 g/mol. The van der Waals surface area contributed by atoms with E-state index in [4.69, 9.17) is 0 Å².